The lowest BCUT2D eigenvalue weighted by Gasteiger charge is -2.14. The van der Waals surface area contributed by atoms with Gasteiger partial charge in [0.1, 0.15) is 0 Å². The zero-order chi connectivity index (χ0) is 12.0. The predicted molar refractivity (Wildman–Crippen MR) is 70.9 cm³/mol. The van der Waals surface area contributed by atoms with Gasteiger partial charge in [-0.2, -0.15) is 11.8 Å². The molecule has 88 valence electrons. The minimum Gasteiger partial charge on any atom is -0.353 e. The topological polar surface area (TPSA) is 29.1 Å². The molecule has 0 saturated carbocycles. The van der Waals surface area contributed by atoms with Crippen molar-refractivity contribution in [1.29, 1.82) is 0 Å². The van der Waals surface area contributed by atoms with E-state index < -0.39 is 0 Å². The van der Waals surface area contributed by atoms with Gasteiger partial charge < -0.3 is 5.32 Å². The SMILES string of the molecule is CSCC(=O)N[C@@H](C)Cc1ccccc1C. The summed E-state index contributed by atoms with van der Waals surface area (Å²) in [7, 11) is 0. The van der Waals surface area contributed by atoms with Crippen LogP contribution in [0.4, 0.5) is 0 Å². The van der Waals surface area contributed by atoms with Crippen LogP contribution in [0.25, 0.3) is 0 Å². The minimum absolute atomic E-state index is 0.119. The molecule has 1 amide bonds. The van der Waals surface area contributed by atoms with Gasteiger partial charge in [-0.15, -0.1) is 0 Å². The molecule has 0 aromatic heterocycles. The van der Waals surface area contributed by atoms with Gasteiger partial charge in [0, 0.05) is 6.04 Å². The Morgan fingerprint density at radius 1 is 1.44 bits per heavy atom. The van der Waals surface area contributed by atoms with Crippen LogP contribution in [-0.2, 0) is 11.2 Å². The largest absolute Gasteiger partial charge is 0.353 e. The Bertz CT molecular complexity index is 352. The van der Waals surface area contributed by atoms with Crippen LogP contribution in [0.1, 0.15) is 18.1 Å². The lowest BCUT2D eigenvalue weighted by molar-refractivity contribution is -0.119. The third-order valence-corrected chi connectivity index (χ3v) is 3.02. The van der Waals surface area contributed by atoms with Gasteiger partial charge in [-0.1, -0.05) is 24.3 Å². The molecule has 0 bridgehead atoms. The Hall–Kier alpha value is -0.960. The molecule has 0 aliphatic rings. The monoisotopic (exact) mass is 237 g/mol. The summed E-state index contributed by atoms with van der Waals surface area (Å²) in [5.41, 5.74) is 2.59. The zero-order valence-corrected chi connectivity index (χ0v) is 10.9. The molecule has 0 fully saturated rings. The smallest absolute Gasteiger partial charge is 0.230 e. The first-order valence-corrected chi connectivity index (χ1v) is 6.85. The summed E-state index contributed by atoms with van der Waals surface area (Å²) in [5, 5.41) is 3.00. The molecule has 0 unspecified atom stereocenters. The van der Waals surface area contributed by atoms with Crippen LogP contribution < -0.4 is 5.32 Å². The molecule has 16 heavy (non-hydrogen) atoms. The van der Waals surface area contributed by atoms with Gasteiger partial charge >= 0.3 is 0 Å². The van der Waals surface area contributed by atoms with Crippen LogP contribution >= 0.6 is 11.8 Å². The third-order valence-electron chi connectivity index (χ3n) is 2.47. The highest BCUT2D eigenvalue weighted by atomic mass is 32.2. The predicted octanol–water partition coefficient (Wildman–Crippen LogP) is 2.41. The number of carbonyl (C=O) groups is 1. The minimum atomic E-state index is 0.119. The molecular weight excluding hydrogens is 218 g/mol. The number of carbonyl (C=O) groups excluding carboxylic acids is 1. The zero-order valence-electron chi connectivity index (χ0n) is 10.1. The molecule has 1 aromatic rings. The van der Waals surface area contributed by atoms with E-state index in [0.717, 1.165) is 6.42 Å². The van der Waals surface area contributed by atoms with Gasteiger partial charge in [0.05, 0.1) is 5.75 Å². The van der Waals surface area contributed by atoms with Gasteiger partial charge in [0.2, 0.25) is 5.91 Å². The Morgan fingerprint density at radius 3 is 2.75 bits per heavy atom. The van der Waals surface area contributed by atoms with Crippen molar-refractivity contribution in [3.05, 3.63) is 35.4 Å². The first-order valence-electron chi connectivity index (χ1n) is 5.46. The lowest BCUT2D eigenvalue weighted by atomic mass is 10.0. The fourth-order valence-corrected chi connectivity index (χ4v) is 2.01. The van der Waals surface area contributed by atoms with E-state index in [2.05, 4.69) is 24.4 Å². The van der Waals surface area contributed by atoms with E-state index in [0.29, 0.717) is 5.75 Å². The molecule has 1 aromatic carbocycles. The van der Waals surface area contributed by atoms with Crippen molar-refractivity contribution in [2.75, 3.05) is 12.0 Å². The number of rotatable bonds is 5. The van der Waals surface area contributed by atoms with E-state index in [4.69, 9.17) is 0 Å². The van der Waals surface area contributed by atoms with Crippen molar-refractivity contribution in [3.63, 3.8) is 0 Å². The molecule has 0 aliphatic carbocycles. The molecule has 1 rings (SSSR count). The number of aryl methyl sites for hydroxylation is 1. The van der Waals surface area contributed by atoms with Crippen molar-refractivity contribution in [2.45, 2.75) is 26.3 Å². The Labute approximate surface area is 102 Å². The first-order chi connectivity index (χ1) is 7.63. The van der Waals surface area contributed by atoms with Crippen LogP contribution in [-0.4, -0.2) is 24.0 Å². The summed E-state index contributed by atoms with van der Waals surface area (Å²) in [5.74, 6) is 0.659. The van der Waals surface area contributed by atoms with Crippen molar-refractivity contribution in [1.82, 2.24) is 5.32 Å². The van der Waals surface area contributed by atoms with Crippen LogP contribution in [0, 0.1) is 6.92 Å². The number of amides is 1. The van der Waals surface area contributed by atoms with Gasteiger partial charge in [0.15, 0.2) is 0 Å². The average molecular weight is 237 g/mol. The Kier molecular flexibility index (Phi) is 5.39. The molecule has 0 radical (unpaired) electrons. The summed E-state index contributed by atoms with van der Waals surface area (Å²) >= 11 is 1.55. The normalized spacial score (nSPS) is 12.2. The van der Waals surface area contributed by atoms with Gasteiger partial charge in [-0.25, -0.2) is 0 Å². The van der Waals surface area contributed by atoms with E-state index in [1.165, 1.54) is 11.1 Å². The van der Waals surface area contributed by atoms with E-state index >= 15 is 0 Å². The number of thioether (sulfide) groups is 1. The Balaban J connectivity index is 2.48. The fraction of sp³-hybridized carbons (Fsp3) is 0.462. The fourth-order valence-electron chi connectivity index (χ4n) is 1.67. The molecule has 2 nitrogen and oxygen atoms in total. The van der Waals surface area contributed by atoms with Crippen molar-refractivity contribution in [2.24, 2.45) is 0 Å². The van der Waals surface area contributed by atoms with Gasteiger partial charge in [0.25, 0.3) is 0 Å². The van der Waals surface area contributed by atoms with Crippen LogP contribution in [0.5, 0.6) is 0 Å². The maximum absolute atomic E-state index is 11.4. The Morgan fingerprint density at radius 2 is 2.12 bits per heavy atom. The highest BCUT2D eigenvalue weighted by molar-refractivity contribution is 7.99. The summed E-state index contributed by atoms with van der Waals surface area (Å²) in [4.78, 5) is 11.4. The van der Waals surface area contributed by atoms with Crippen LogP contribution in [0.3, 0.4) is 0 Å². The number of hydrogen-bond acceptors (Lipinski definition) is 2. The second-order valence-corrected chi connectivity index (χ2v) is 4.90. The highest BCUT2D eigenvalue weighted by Gasteiger charge is 2.08. The van der Waals surface area contributed by atoms with Gasteiger partial charge in [-0.05, 0) is 37.7 Å². The number of benzene rings is 1. The highest BCUT2D eigenvalue weighted by Crippen LogP contribution is 2.09. The number of hydrogen-bond donors (Lipinski definition) is 1. The molecular formula is C13H19NOS. The average Bonchev–Trinajstić information content (AvgIpc) is 2.21. The standard InChI is InChI=1S/C13H19NOS/c1-10-6-4-5-7-12(10)8-11(2)14-13(15)9-16-3/h4-7,11H,8-9H2,1-3H3,(H,14,15)/t11-/m0/s1. The second kappa shape index (κ2) is 6.59. The first kappa shape index (κ1) is 13.1. The molecule has 0 saturated heterocycles. The second-order valence-electron chi connectivity index (χ2n) is 4.03. The van der Waals surface area contributed by atoms with Crippen molar-refractivity contribution in [3.8, 4) is 0 Å². The maximum atomic E-state index is 11.4. The summed E-state index contributed by atoms with van der Waals surface area (Å²) < 4.78 is 0. The summed E-state index contributed by atoms with van der Waals surface area (Å²) in [6, 6.07) is 8.49. The van der Waals surface area contributed by atoms with E-state index in [1.54, 1.807) is 11.8 Å². The van der Waals surface area contributed by atoms with E-state index in [-0.39, 0.29) is 11.9 Å². The lowest BCUT2D eigenvalue weighted by Crippen LogP contribution is -2.35. The molecule has 3 heteroatoms. The van der Waals surface area contributed by atoms with Crippen molar-refractivity contribution < 1.29 is 4.79 Å². The maximum Gasteiger partial charge on any atom is 0.230 e. The molecule has 0 heterocycles. The molecule has 1 N–H and O–H groups in total. The van der Waals surface area contributed by atoms with Crippen molar-refractivity contribution >= 4 is 17.7 Å². The molecule has 0 spiro atoms. The third kappa shape index (κ3) is 4.27. The van der Waals surface area contributed by atoms with E-state index in [9.17, 15) is 4.79 Å². The van der Waals surface area contributed by atoms with E-state index in [1.807, 2.05) is 25.3 Å². The molecule has 1 atom stereocenters. The van der Waals surface area contributed by atoms with Gasteiger partial charge in [-0.3, -0.25) is 4.79 Å². The number of nitrogens with one attached hydrogen (secondary N) is 1. The van der Waals surface area contributed by atoms with Crippen LogP contribution in [0.15, 0.2) is 24.3 Å². The summed E-state index contributed by atoms with van der Waals surface area (Å²) in [6.45, 7) is 4.15. The van der Waals surface area contributed by atoms with Crippen LogP contribution in [0.2, 0.25) is 0 Å². The molecule has 0 aliphatic heterocycles. The quantitative estimate of drug-likeness (QED) is 0.852. The summed E-state index contributed by atoms with van der Waals surface area (Å²) in [6.07, 6.45) is 2.83.